The number of carbonyl (C=O) groups is 2. The van der Waals surface area contributed by atoms with Gasteiger partial charge in [0.05, 0.1) is 6.61 Å². The van der Waals surface area contributed by atoms with Gasteiger partial charge in [-0.1, -0.05) is 92.9 Å². The minimum Gasteiger partial charge on any atom is -0.858 e. The fraction of sp³-hybridized carbons (Fsp3) is 0.474. The van der Waals surface area contributed by atoms with Crippen molar-refractivity contribution in [1.29, 1.82) is 0 Å². The maximum absolute atomic E-state index is 13.8. The Balaban J connectivity index is 1.31. The second kappa shape index (κ2) is 22.2. The zero-order valence-corrected chi connectivity index (χ0v) is 33.5. The first kappa shape index (κ1) is 44.9. The fourth-order valence-electron chi connectivity index (χ4n) is 5.42. The molecule has 2 unspecified atom stereocenters. The molecule has 0 radical (unpaired) electrons. The molecule has 1 aromatic heterocycles. The number of rotatable bonds is 24. The van der Waals surface area contributed by atoms with Gasteiger partial charge in [-0.3, -0.25) is 18.7 Å². The molecule has 0 aliphatic carbocycles. The highest BCUT2D eigenvalue weighted by molar-refractivity contribution is 7.64. The summed E-state index contributed by atoms with van der Waals surface area (Å²) in [5.74, 6) is -0.980. The van der Waals surface area contributed by atoms with E-state index < -0.39 is 65.7 Å². The van der Waals surface area contributed by atoms with Crippen LogP contribution in [0.3, 0.4) is 0 Å². The molecule has 3 aromatic rings. The summed E-state index contributed by atoms with van der Waals surface area (Å²) in [4.78, 5) is 63.6. The van der Waals surface area contributed by atoms with Gasteiger partial charge in [-0.2, -0.15) is 9.05 Å². The molecule has 1 aliphatic rings. The third-order valence-electron chi connectivity index (χ3n) is 8.38. The number of ether oxygens (including phenoxy) is 3. The number of aryl methyl sites for hydroxylation is 1. The predicted molar refractivity (Wildman–Crippen MR) is 201 cm³/mol. The Kier molecular flexibility index (Phi) is 17.8. The third-order valence-corrected chi connectivity index (χ3v) is 11.4. The highest BCUT2D eigenvalue weighted by Crippen LogP contribution is 2.67. The lowest BCUT2D eigenvalue weighted by Gasteiger charge is -2.26. The van der Waals surface area contributed by atoms with Crippen LogP contribution in [0.15, 0.2) is 71.7 Å². The van der Waals surface area contributed by atoms with E-state index in [9.17, 15) is 33.8 Å². The Morgan fingerprint density at radius 1 is 0.893 bits per heavy atom. The summed E-state index contributed by atoms with van der Waals surface area (Å²) in [5.41, 5.74) is 0.237. The van der Waals surface area contributed by atoms with Gasteiger partial charge in [-0.25, -0.2) is 14.3 Å². The molecule has 0 amide bonds. The van der Waals surface area contributed by atoms with Gasteiger partial charge < -0.3 is 29.1 Å². The average molecular weight is 820 g/mol. The zero-order chi connectivity index (χ0) is 40.6. The van der Waals surface area contributed by atoms with Crippen LogP contribution >= 0.6 is 16.0 Å². The fourth-order valence-corrected chi connectivity index (χ4v) is 8.02. The van der Waals surface area contributed by atoms with Crippen LogP contribution in [-0.4, -0.2) is 39.1 Å². The van der Waals surface area contributed by atoms with E-state index in [4.69, 9.17) is 32.1 Å². The normalized spacial score (nSPS) is 17.3. The first-order valence-electron chi connectivity index (χ1n) is 18.5. The molecule has 1 aliphatic heterocycles. The van der Waals surface area contributed by atoms with Gasteiger partial charge in [0, 0.05) is 19.5 Å². The molecule has 0 bridgehead atoms. The summed E-state index contributed by atoms with van der Waals surface area (Å²) in [6.45, 7) is 3.54. The summed E-state index contributed by atoms with van der Waals surface area (Å²) in [7, 11) is -10.0. The minimum atomic E-state index is -5.16. The second-order valence-corrected chi connectivity index (χ2v) is 16.4. The molecule has 0 spiro atoms. The highest BCUT2D eigenvalue weighted by Gasteiger charge is 2.44. The molecule has 0 saturated heterocycles. The van der Waals surface area contributed by atoms with Crippen LogP contribution in [0.5, 0.6) is 17.4 Å². The van der Waals surface area contributed by atoms with E-state index >= 15 is 0 Å². The Morgan fingerprint density at radius 2 is 1.45 bits per heavy atom. The number of hydrogen-bond acceptors (Lipinski definition) is 14. The van der Waals surface area contributed by atoms with Gasteiger partial charge in [0.2, 0.25) is 0 Å². The summed E-state index contributed by atoms with van der Waals surface area (Å²) in [5, 5.41) is 11.7. The molecule has 2 heterocycles. The van der Waals surface area contributed by atoms with Gasteiger partial charge in [-0.15, -0.1) is 0 Å². The summed E-state index contributed by atoms with van der Waals surface area (Å²) in [6, 6.07) is 12.2. The first-order valence-corrected chi connectivity index (χ1v) is 21.4. The smallest absolute Gasteiger partial charge is 0.510 e. The standard InChI is InChI=1S/C38H50N2O14P2/c1-4-5-6-7-8-9-10-11-12-13-36(42)53-33-20-16-31(17-21-33)26-50-56(47,49-25-30-14-18-32(19-15-30)51-29(3)41)54-55(45,46)48-27-34-22-23-35(52-34)40-24-28(2)37(43)39-38(40)44/h14-24,34-35H,4-13,25-27H2,1-3H3,(H,45,46)(H,39,43,44)/p-1/t34-,35+,56?/m0/s1. The highest BCUT2D eigenvalue weighted by atomic mass is 31.3. The van der Waals surface area contributed by atoms with E-state index in [1.807, 2.05) is 0 Å². The topological polar surface area (TPSA) is 217 Å². The maximum Gasteiger partial charge on any atom is 0.510 e. The first-order chi connectivity index (χ1) is 26.7. The lowest BCUT2D eigenvalue weighted by Crippen LogP contribution is -2.29. The van der Waals surface area contributed by atoms with Crippen LogP contribution in [0.25, 0.3) is 0 Å². The number of carbonyl (C=O) groups excluding carboxylic acids is 2. The number of esters is 2. The number of benzene rings is 2. The molecular weight excluding hydrogens is 770 g/mol. The van der Waals surface area contributed by atoms with Crippen LogP contribution in [0, 0.1) is 6.92 Å². The van der Waals surface area contributed by atoms with E-state index in [1.54, 1.807) is 12.1 Å². The van der Waals surface area contributed by atoms with Crippen molar-refractivity contribution in [1.82, 2.24) is 9.55 Å². The molecule has 4 rings (SSSR count). The molecule has 0 saturated carbocycles. The van der Waals surface area contributed by atoms with Crippen molar-refractivity contribution in [2.45, 2.75) is 111 Å². The number of hydrogen-bond donors (Lipinski definition) is 1. The van der Waals surface area contributed by atoms with Crippen LogP contribution < -0.4 is 25.2 Å². The van der Waals surface area contributed by atoms with Gasteiger partial charge in [0.1, 0.15) is 30.8 Å². The van der Waals surface area contributed by atoms with Crippen LogP contribution in [-0.2, 0) is 50.0 Å². The van der Waals surface area contributed by atoms with Crippen LogP contribution in [0.2, 0.25) is 0 Å². The number of phosphoric ester groups is 2. The molecule has 16 nitrogen and oxygen atoms in total. The summed E-state index contributed by atoms with van der Waals surface area (Å²) < 4.78 is 51.3. The molecule has 0 fully saturated rings. The number of unbranched alkanes of at least 4 members (excludes halogenated alkanes) is 8. The summed E-state index contributed by atoms with van der Waals surface area (Å²) >= 11 is 0. The van der Waals surface area contributed by atoms with Crippen LogP contribution in [0.4, 0.5) is 0 Å². The monoisotopic (exact) mass is 819 g/mol. The van der Waals surface area contributed by atoms with E-state index in [1.165, 1.54) is 101 Å². The molecular formula is C38H49N2O14P2-. The average Bonchev–Trinajstić information content (AvgIpc) is 3.63. The Labute approximate surface area is 326 Å². The summed E-state index contributed by atoms with van der Waals surface area (Å²) in [6.07, 6.45) is 12.8. The number of aromatic nitrogens is 2. The van der Waals surface area contributed by atoms with E-state index in [0.717, 1.165) is 30.3 Å². The Hall–Kier alpha value is -3.82. The molecule has 4 atom stereocenters. The minimum absolute atomic E-state index is 0.213. The van der Waals surface area contributed by atoms with Crippen molar-refractivity contribution in [2.75, 3.05) is 6.61 Å². The lowest BCUT2D eigenvalue weighted by molar-refractivity contribution is -0.276. The molecule has 56 heavy (non-hydrogen) atoms. The molecule has 1 N–H and O–H groups in total. The van der Waals surface area contributed by atoms with E-state index in [2.05, 4.69) is 11.9 Å². The van der Waals surface area contributed by atoms with Crippen molar-refractivity contribution in [3.8, 4) is 17.4 Å². The van der Waals surface area contributed by atoms with E-state index in [-0.39, 0.29) is 17.3 Å². The van der Waals surface area contributed by atoms with Gasteiger partial charge in [-0.05, 0) is 66.3 Å². The van der Waals surface area contributed by atoms with Crippen molar-refractivity contribution in [3.05, 3.63) is 94.1 Å². The van der Waals surface area contributed by atoms with Crippen molar-refractivity contribution >= 4 is 27.9 Å². The predicted octanol–water partition coefficient (Wildman–Crippen LogP) is 6.44. The second-order valence-electron chi connectivity index (χ2n) is 13.1. The number of phosphoric acid groups is 2. The number of nitrogens with zero attached hydrogens (tertiary/aromatic N) is 2. The van der Waals surface area contributed by atoms with E-state index in [0.29, 0.717) is 23.3 Å². The Bertz CT molecular complexity index is 1850. The van der Waals surface area contributed by atoms with Crippen molar-refractivity contribution in [2.24, 2.45) is 0 Å². The lowest BCUT2D eigenvalue weighted by atomic mass is 10.1. The van der Waals surface area contributed by atoms with Crippen molar-refractivity contribution < 1.29 is 61.1 Å². The molecule has 18 heteroatoms. The largest absolute Gasteiger partial charge is 0.858 e. The van der Waals surface area contributed by atoms with Crippen molar-refractivity contribution in [3.63, 3.8) is 0 Å². The van der Waals surface area contributed by atoms with Gasteiger partial charge in [0.15, 0.2) is 6.23 Å². The SMILES string of the molecule is CCCCCCCCCCCC(=O)Oc1ccc(CO[P+]([O-])(OCc2ccc(OC(C)=O)cc2)OP(=O)(O)OC[C@@H]2C=C[C@H](n3cc(C)c([O-])nc3=O)O2)cc1. The zero-order valence-electron chi connectivity index (χ0n) is 31.7. The molecule has 306 valence electrons. The quantitative estimate of drug-likeness (QED) is 0.0338. The maximum atomic E-state index is 13.8. The third kappa shape index (κ3) is 15.6. The molecule has 2 aromatic carbocycles. The van der Waals surface area contributed by atoms with Crippen LogP contribution in [0.1, 0.15) is 101 Å². The van der Waals surface area contributed by atoms with Gasteiger partial charge >= 0.3 is 33.6 Å². The Morgan fingerprint density at radius 3 is 2.02 bits per heavy atom. The van der Waals surface area contributed by atoms with Gasteiger partial charge in [0.25, 0.3) is 0 Å².